The first kappa shape index (κ1) is 13.7. The van der Waals surface area contributed by atoms with E-state index >= 15 is 0 Å². The van der Waals surface area contributed by atoms with E-state index in [0.717, 1.165) is 29.9 Å². The zero-order chi connectivity index (χ0) is 13.5. The summed E-state index contributed by atoms with van der Waals surface area (Å²) < 4.78 is 0. The molecule has 5 heteroatoms. The van der Waals surface area contributed by atoms with E-state index in [-0.39, 0.29) is 0 Å². The minimum Gasteiger partial charge on any atom is -0.370 e. The minimum atomic E-state index is 0.761. The van der Waals surface area contributed by atoms with Crippen LogP contribution in [-0.4, -0.2) is 22.8 Å². The molecule has 1 aromatic heterocycles. The van der Waals surface area contributed by atoms with Gasteiger partial charge in [-0.25, -0.2) is 9.97 Å². The number of benzene rings is 1. The predicted octanol–water partition coefficient (Wildman–Crippen LogP) is 3.24. The third-order valence-electron chi connectivity index (χ3n) is 2.56. The van der Waals surface area contributed by atoms with Gasteiger partial charge < -0.3 is 10.6 Å². The Morgan fingerprint density at radius 3 is 2.37 bits per heavy atom. The summed E-state index contributed by atoms with van der Waals surface area (Å²) in [5.41, 5.74) is 1.23. The number of nitrogens with zero attached hydrogens (tertiary/aromatic N) is 2. The molecule has 2 aromatic rings. The lowest BCUT2D eigenvalue weighted by Crippen LogP contribution is -2.06. The maximum absolute atomic E-state index is 4.45. The molecular weight excluding hydrogens is 256 g/mol. The number of nitrogens with one attached hydrogen (secondary N) is 2. The summed E-state index contributed by atoms with van der Waals surface area (Å²) in [6.45, 7) is 3.66. The zero-order valence-corrected chi connectivity index (χ0v) is 12.0. The largest absolute Gasteiger partial charge is 0.370 e. The van der Waals surface area contributed by atoms with Crippen molar-refractivity contribution in [1.29, 1.82) is 0 Å². The van der Waals surface area contributed by atoms with Gasteiger partial charge in [-0.3, -0.25) is 0 Å². The molecule has 0 saturated heterocycles. The highest BCUT2D eigenvalue weighted by atomic mass is 32.2. The Kier molecular flexibility index (Phi) is 5.03. The van der Waals surface area contributed by atoms with Crippen LogP contribution in [0.4, 0.5) is 11.6 Å². The summed E-state index contributed by atoms with van der Waals surface area (Å²) in [4.78, 5) is 8.85. The van der Waals surface area contributed by atoms with Crippen LogP contribution in [0, 0.1) is 0 Å². The van der Waals surface area contributed by atoms with E-state index in [4.69, 9.17) is 0 Å². The van der Waals surface area contributed by atoms with E-state index in [2.05, 4.69) is 39.7 Å². The molecule has 1 heterocycles. The summed E-state index contributed by atoms with van der Waals surface area (Å²) in [6, 6.07) is 12.2. The van der Waals surface area contributed by atoms with Crippen molar-refractivity contribution in [2.24, 2.45) is 0 Å². The number of hydrogen-bond acceptors (Lipinski definition) is 5. The van der Waals surface area contributed by atoms with Gasteiger partial charge in [0.15, 0.2) is 5.16 Å². The predicted molar refractivity (Wildman–Crippen MR) is 81.7 cm³/mol. The molecule has 0 saturated carbocycles. The lowest BCUT2D eigenvalue weighted by atomic mass is 10.2. The lowest BCUT2D eigenvalue weighted by Gasteiger charge is -2.09. The normalized spacial score (nSPS) is 10.2. The van der Waals surface area contributed by atoms with Crippen LogP contribution < -0.4 is 10.6 Å². The lowest BCUT2D eigenvalue weighted by molar-refractivity contribution is 0.950. The third-order valence-corrected chi connectivity index (χ3v) is 3.11. The van der Waals surface area contributed by atoms with Crippen LogP contribution >= 0.6 is 11.8 Å². The second-order valence-corrected chi connectivity index (χ2v) is 4.77. The molecule has 19 heavy (non-hydrogen) atoms. The first-order valence-electron chi connectivity index (χ1n) is 6.26. The topological polar surface area (TPSA) is 49.8 Å². The number of thioether (sulfide) groups is 1. The van der Waals surface area contributed by atoms with Gasteiger partial charge in [-0.2, -0.15) is 0 Å². The SMILES string of the molecule is CCNc1cc(NCc2ccccc2)nc(SC)n1. The molecule has 2 rings (SSSR count). The molecular formula is C14H18N4S. The number of hydrogen-bond donors (Lipinski definition) is 2. The molecule has 0 amide bonds. The van der Waals surface area contributed by atoms with Crippen molar-refractivity contribution < 1.29 is 0 Å². The van der Waals surface area contributed by atoms with E-state index in [9.17, 15) is 0 Å². The average molecular weight is 274 g/mol. The molecule has 0 unspecified atom stereocenters. The standard InChI is InChI=1S/C14H18N4S/c1-3-15-12-9-13(18-14(17-12)19-2)16-10-11-7-5-4-6-8-11/h4-9H,3,10H2,1-2H3,(H2,15,16,17,18). The van der Waals surface area contributed by atoms with Crippen LogP contribution in [0.15, 0.2) is 41.6 Å². The molecule has 0 fully saturated rings. The minimum absolute atomic E-state index is 0.761. The monoisotopic (exact) mass is 274 g/mol. The van der Waals surface area contributed by atoms with Gasteiger partial charge in [-0.1, -0.05) is 42.1 Å². The quantitative estimate of drug-likeness (QED) is 0.625. The van der Waals surface area contributed by atoms with E-state index in [1.807, 2.05) is 30.5 Å². The van der Waals surface area contributed by atoms with E-state index in [0.29, 0.717) is 0 Å². The second kappa shape index (κ2) is 6.99. The molecule has 0 bridgehead atoms. The van der Waals surface area contributed by atoms with Crippen molar-refractivity contribution in [3.63, 3.8) is 0 Å². The molecule has 0 atom stereocenters. The molecule has 0 spiro atoms. The van der Waals surface area contributed by atoms with Gasteiger partial charge in [-0.15, -0.1) is 0 Å². The Labute approximate surface area is 118 Å². The van der Waals surface area contributed by atoms with Crippen LogP contribution in [0.1, 0.15) is 12.5 Å². The summed E-state index contributed by atoms with van der Waals surface area (Å²) in [5, 5.41) is 7.32. The van der Waals surface area contributed by atoms with Gasteiger partial charge in [0, 0.05) is 19.2 Å². The summed E-state index contributed by atoms with van der Waals surface area (Å²) in [7, 11) is 0. The number of anilines is 2. The number of aromatic nitrogens is 2. The highest BCUT2D eigenvalue weighted by molar-refractivity contribution is 7.98. The molecule has 1 aromatic carbocycles. The van der Waals surface area contributed by atoms with Gasteiger partial charge in [0.2, 0.25) is 0 Å². The van der Waals surface area contributed by atoms with Crippen LogP contribution in [0.5, 0.6) is 0 Å². The summed E-state index contributed by atoms with van der Waals surface area (Å²) in [5.74, 6) is 1.71. The van der Waals surface area contributed by atoms with Crippen LogP contribution in [-0.2, 0) is 6.54 Å². The van der Waals surface area contributed by atoms with Crippen LogP contribution in [0.3, 0.4) is 0 Å². The van der Waals surface area contributed by atoms with Gasteiger partial charge in [0.1, 0.15) is 11.6 Å². The highest BCUT2D eigenvalue weighted by Gasteiger charge is 2.03. The smallest absolute Gasteiger partial charge is 0.191 e. The van der Waals surface area contributed by atoms with Gasteiger partial charge in [0.25, 0.3) is 0 Å². The van der Waals surface area contributed by atoms with Crippen molar-refractivity contribution in [2.45, 2.75) is 18.6 Å². The van der Waals surface area contributed by atoms with Gasteiger partial charge >= 0.3 is 0 Å². The van der Waals surface area contributed by atoms with Crippen molar-refractivity contribution in [3.8, 4) is 0 Å². The van der Waals surface area contributed by atoms with Gasteiger partial charge in [0.05, 0.1) is 0 Å². The van der Waals surface area contributed by atoms with Crippen LogP contribution in [0.2, 0.25) is 0 Å². The Morgan fingerprint density at radius 1 is 1.05 bits per heavy atom. The van der Waals surface area contributed by atoms with Crippen molar-refractivity contribution in [2.75, 3.05) is 23.4 Å². The fraction of sp³-hybridized carbons (Fsp3) is 0.286. The molecule has 100 valence electrons. The Balaban J connectivity index is 2.08. The van der Waals surface area contributed by atoms with Crippen molar-refractivity contribution >= 4 is 23.4 Å². The summed E-state index contributed by atoms with van der Waals surface area (Å²) >= 11 is 1.54. The summed E-state index contributed by atoms with van der Waals surface area (Å²) in [6.07, 6.45) is 1.98. The van der Waals surface area contributed by atoms with Crippen LogP contribution in [0.25, 0.3) is 0 Å². The number of rotatable bonds is 6. The fourth-order valence-electron chi connectivity index (χ4n) is 1.67. The highest BCUT2D eigenvalue weighted by Crippen LogP contribution is 2.17. The average Bonchev–Trinajstić information content (AvgIpc) is 2.46. The molecule has 0 aliphatic heterocycles. The molecule has 0 radical (unpaired) electrons. The van der Waals surface area contributed by atoms with E-state index in [1.165, 1.54) is 5.56 Å². The maximum Gasteiger partial charge on any atom is 0.191 e. The molecule has 0 aliphatic rings. The second-order valence-electron chi connectivity index (χ2n) is 3.99. The molecule has 4 nitrogen and oxygen atoms in total. The van der Waals surface area contributed by atoms with Crippen molar-refractivity contribution in [3.05, 3.63) is 42.0 Å². The fourth-order valence-corrected chi connectivity index (χ4v) is 2.05. The van der Waals surface area contributed by atoms with E-state index in [1.54, 1.807) is 11.8 Å². The Hall–Kier alpha value is -1.75. The first-order valence-corrected chi connectivity index (χ1v) is 7.49. The van der Waals surface area contributed by atoms with Gasteiger partial charge in [-0.05, 0) is 18.7 Å². The third kappa shape index (κ3) is 4.13. The Bertz CT molecular complexity index is 516. The molecule has 2 N–H and O–H groups in total. The molecule has 0 aliphatic carbocycles. The maximum atomic E-state index is 4.45. The Morgan fingerprint density at radius 2 is 1.74 bits per heavy atom. The van der Waals surface area contributed by atoms with Crippen molar-refractivity contribution in [1.82, 2.24) is 9.97 Å². The first-order chi connectivity index (χ1) is 9.31. The zero-order valence-electron chi connectivity index (χ0n) is 11.2. The van der Waals surface area contributed by atoms with E-state index < -0.39 is 0 Å².